The van der Waals surface area contributed by atoms with Crippen molar-refractivity contribution in [3.63, 3.8) is 0 Å². The molecule has 1 aliphatic rings. The molecule has 4 nitrogen and oxygen atoms in total. The van der Waals surface area contributed by atoms with E-state index in [9.17, 15) is 0 Å². The Kier molecular flexibility index (Phi) is 3.75. The van der Waals surface area contributed by atoms with Crippen molar-refractivity contribution in [1.82, 2.24) is 5.16 Å². The summed E-state index contributed by atoms with van der Waals surface area (Å²) in [6, 6.07) is 1.93. The monoisotopic (exact) mass is 211 g/mol. The SMILES string of the molecule is CCc1cc(COC2CCCCO2)on1. The lowest BCUT2D eigenvalue weighted by Crippen LogP contribution is -2.21. The maximum absolute atomic E-state index is 5.57. The van der Waals surface area contributed by atoms with Crippen LogP contribution in [-0.4, -0.2) is 18.1 Å². The highest BCUT2D eigenvalue weighted by Gasteiger charge is 2.15. The maximum atomic E-state index is 5.57. The minimum absolute atomic E-state index is 0.0612. The molecule has 0 amide bonds. The van der Waals surface area contributed by atoms with E-state index in [0.717, 1.165) is 37.3 Å². The molecule has 0 saturated carbocycles. The van der Waals surface area contributed by atoms with Crippen molar-refractivity contribution >= 4 is 0 Å². The molecule has 2 heterocycles. The molecule has 1 unspecified atom stereocenters. The molecular formula is C11H17NO3. The molecule has 2 rings (SSSR count). The molecule has 0 radical (unpaired) electrons. The second-order valence-corrected chi connectivity index (χ2v) is 3.75. The van der Waals surface area contributed by atoms with Crippen molar-refractivity contribution in [3.05, 3.63) is 17.5 Å². The van der Waals surface area contributed by atoms with Gasteiger partial charge in [0.05, 0.1) is 5.69 Å². The number of aromatic nitrogens is 1. The Morgan fingerprint density at radius 2 is 2.47 bits per heavy atom. The van der Waals surface area contributed by atoms with E-state index in [1.54, 1.807) is 0 Å². The van der Waals surface area contributed by atoms with Crippen LogP contribution in [0.15, 0.2) is 10.6 Å². The van der Waals surface area contributed by atoms with Crippen LogP contribution in [0, 0.1) is 0 Å². The summed E-state index contributed by atoms with van der Waals surface area (Å²) in [5.41, 5.74) is 0.971. The van der Waals surface area contributed by atoms with E-state index in [1.807, 2.05) is 13.0 Å². The first-order chi connectivity index (χ1) is 7.38. The quantitative estimate of drug-likeness (QED) is 0.766. The highest BCUT2D eigenvalue weighted by Crippen LogP contribution is 2.15. The Balaban J connectivity index is 1.76. The predicted molar refractivity (Wildman–Crippen MR) is 54.3 cm³/mol. The van der Waals surface area contributed by atoms with Gasteiger partial charge in [-0.15, -0.1) is 0 Å². The Morgan fingerprint density at radius 1 is 1.53 bits per heavy atom. The zero-order valence-corrected chi connectivity index (χ0v) is 9.07. The molecule has 0 aromatic carbocycles. The molecule has 1 atom stereocenters. The number of rotatable bonds is 4. The molecule has 1 aromatic rings. The van der Waals surface area contributed by atoms with Crippen LogP contribution < -0.4 is 0 Å². The van der Waals surface area contributed by atoms with Gasteiger partial charge < -0.3 is 14.0 Å². The van der Waals surface area contributed by atoms with Crippen molar-refractivity contribution < 1.29 is 14.0 Å². The summed E-state index contributed by atoms with van der Waals surface area (Å²) < 4.78 is 16.1. The van der Waals surface area contributed by atoms with Gasteiger partial charge >= 0.3 is 0 Å². The first-order valence-corrected chi connectivity index (χ1v) is 5.56. The van der Waals surface area contributed by atoms with E-state index in [2.05, 4.69) is 5.16 Å². The molecule has 4 heteroatoms. The van der Waals surface area contributed by atoms with Gasteiger partial charge in [-0.2, -0.15) is 0 Å². The Morgan fingerprint density at radius 3 is 3.13 bits per heavy atom. The minimum Gasteiger partial charge on any atom is -0.359 e. The predicted octanol–water partition coefficient (Wildman–Crippen LogP) is 2.28. The molecule has 1 aromatic heterocycles. The normalized spacial score (nSPS) is 21.8. The van der Waals surface area contributed by atoms with E-state index in [4.69, 9.17) is 14.0 Å². The van der Waals surface area contributed by atoms with Crippen LogP contribution in [0.4, 0.5) is 0 Å². The largest absolute Gasteiger partial charge is 0.359 e. The summed E-state index contributed by atoms with van der Waals surface area (Å²) in [4.78, 5) is 0. The van der Waals surface area contributed by atoms with Gasteiger partial charge in [0.1, 0.15) is 6.61 Å². The van der Waals surface area contributed by atoms with Gasteiger partial charge in [-0.05, 0) is 25.7 Å². The van der Waals surface area contributed by atoms with Gasteiger partial charge in [-0.3, -0.25) is 0 Å². The fourth-order valence-corrected chi connectivity index (χ4v) is 1.61. The fourth-order valence-electron chi connectivity index (χ4n) is 1.61. The highest BCUT2D eigenvalue weighted by molar-refractivity contribution is 5.03. The fraction of sp³-hybridized carbons (Fsp3) is 0.727. The van der Waals surface area contributed by atoms with Crippen molar-refractivity contribution in [3.8, 4) is 0 Å². The average molecular weight is 211 g/mol. The van der Waals surface area contributed by atoms with E-state index in [0.29, 0.717) is 6.61 Å². The van der Waals surface area contributed by atoms with E-state index in [1.165, 1.54) is 6.42 Å². The molecule has 1 aliphatic heterocycles. The number of nitrogens with zero attached hydrogens (tertiary/aromatic N) is 1. The van der Waals surface area contributed by atoms with Crippen molar-refractivity contribution in [2.75, 3.05) is 6.61 Å². The van der Waals surface area contributed by atoms with Crippen LogP contribution in [0.2, 0.25) is 0 Å². The number of aryl methyl sites for hydroxylation is 1. The second-order valence-electron chi connectivity index (χ2n) is 3.75. The second kappa shape index (κ2) is 5.28. The lowest BCUT2D eigenvalue weighted by molar-refractivity contribution is -0.171. The van der Waals surface area contributed by atoms with E-state index in [-0.39, 0.29) is 6.29 Å². The summed E-state index contributed by atoms with van der Waals surface area (Å²) in [6.45, 7) is 3.31. The number of hydrogen-bond acceptors (Lipinski definition) is 4. The lowest BCUT2D eigenvalue weighted by Gasteiger charge is -2.21. The molecule has 0 spiro atoms. The first kappa shape index (κ1) is 10.6. The minimum atomic E-state index is -0.0612. The third-order valence-corrected chi connectivity index (χ3v) is 2.52. The molecular weight excluding hydrogens is 194 g/mol. The topological polar surface area (TPSA) is 44.5 Å². The zero-order valence-electron chi connectivity index (χ0n) is 9.07. The third-order valence-electron chi connectivity index (χ3n) is 2.52. The van der Waals surface area contributed by atoms with Crippen LogP contribution >= 0.6 is 0 Å². The van der Waals surface area contributed by atoms with Crippen molar-refractivity contribution in [2.24, 2.45) is 0 Å². The Labute approximate surface area is 89.5 Å². The van der Waals surface area contributed by atoms with Gasteiger partial charge in [-0.1, -0.05) is 12.1 Å². The first-order valence-electron chi connectivity index (χ1n) is 5.56. The smallest absolute Gasteiger partial charge is 0.162 e. The molecule has 84 valence electrons. The molecule has 0 aliphatic carbocycles. The molecule has 1 saturated heterocycles. The molecule has 0 bridgehead atoms. The highest BCUT2D eigenvalue weighted by atomic mass is 16.7. The van der Waals surface area contributed by atoms with Crippen molar-refractivity contribution in [2.45, 2.75) is 45.5 Å². The number of hydrogen-bond donors (Lipinski definition) is 0. The van der Waals surface area contributed by atoms with E-state index >= 15 is 0 Å². The summed E-state index contributed by atoms with van der Waals surface area (Å²) in [5, 5.41) is 3.90. The van der Waals surface area contributed by atoms with Crippen molar-refractivity contribution in [1.29, 1.82) is 0 Å². The standard InChI is InChI=1S/C11H17NO3/c1-2-9-7-10(15-12-9)8-14-11-5-3-4-6-13-11/h7,11H,2-6,8H2,1H3. The Hall–Kier alpha value is -0.870. The third kappa shape index (κ3) is 3.04. The van der Waals surface area contributed by atoms with Crippen LogP contribution in [0.25, 0.3) is 0 Å². The van der Waals surface area contributed by atoms with Gasteiger partial charge in [-0.25, -0.2) is 0 Å². The average Bonchev–Trinajstić information content (AvgIpc) is 2.76. The summed E-state index contributed by atoms with van der Waals surface area (Å²) in [7, 11) is 0. The van der Waals surface area contributed by atoms with E-state index < -0.39 is 0 Å². The summed E-state index contributed by atoms with van der Waals surface area (Å²) in [5.74, 6) is 0.779. The summed E-state index contributed by atoms with van der Waals surface area (Å²) in [6.07, 6.45) is 4.13. The van der Waals surface area contributed by atoms with Gasteiger partial charge in [0.2, 0.25) is 0 Å². The summed E-state index contributed by atoms with van der Waals surface area (Å²) >= 11 is 0. The maximum Gasteiger partial charge on any atom is 0.162 e. The van der Waals surface area contributed by atoms with Gasteiger partial charge in [0.15, 0.2) is 12.1 Å². The molecule has 15 heavy (non-hydrogen) atoms. The van der Waals surface area contributed by atoms with Crippen LogP contribution in [0.5, 0.6) is 0 Å². The Bertz CT molecular complexity index is 292. The molecule has 0 N–H and O–H groups in total. The lowest BCUT2D eigenvalue weighted by atomic mass is 10.2. The molecule has 1 fully saturated rings. The van der Waals surface area contributed by atoms with Gasteiger partial charge in [0.25, 0.3) is 0 Å². The van der Waals surface area contributed by atoms with Crippen LogP contribution in [0.3, 0.4) is 0 Å². The van der Waals surface area contributed by atoms with Gasteiger partial charge in [0, 0.05) is 12.7 Å². The van der Waals surface area contributed by atoms with Crippen LogP contribution in [0.1, 0.15) is 37.6 Å². The van der Waals surface area contributed by atoms with Crippen LogP contribution in [-0.2, 0) is 22.5 Å². The number of ether oxygens (including phenoxy) is 2. The zero-order chi connectivity index (χ0) is 10.5.